The summed E-state index contributed by atoms with van der Waals surface area (Å²) < 4.78 is 39.0. The summed E-state index contributed by atoms with van der Waals surface area (Å²) in [6.07, 6.45) is 1.24. The number of amides is 2. The molecule has 0 bridgehead atoms. The van der Waals surface area contributed by atoms with Crippen molar-refractivity contribution in [3.63, 3.8) is 0 Å². The van der Waals surface area contributed by atoms with Gasteiger partial charge in [-0.15, -0.1) is 0 Å². The molecule has 2 aromatic rings. The lowest BCUT2D eigenvalue weighted by Crippen LogP contribution is -2.48. The summed E-state index contributed by atoms with van der Waals surface area (Å²) in [7, 11) is -3.66. The number of anilines is 1. The second-order valence-corrected chi connectivity index (χ2v) is 11.7. The van der Waals surface area contributed by atoms with Crippen molar-refractivity contribution >= 4 is 50.7 Å². The maximum Gasteiger partial charge on any atom is 0.242 e. The Kier molecular flexibility index (Phi) is 11.0. The van der Waals surface area contributed by atoms with Crippen molar-refractivity contribution in [1.29, 1.82) is 0 Å². The molecule has 2 aromatic carbocycles. The van der Waals surface area contributed by atoms with Gasteiger partial charge in [0.05, 0.1) is 22.0 Å². The number of carbonyl (C=O) groups is 2. The van der Waals surface area contributed by atoms with E-state index in [9.17, 15) is 22.4 Å². The molecule has 0 aliphatic rings. The number of nitrogens with one attached hydrogen (secondary N) is 1. The highest BCUT2D eigenvalue weighted by atomic mass is 35.5. The number of sulfonamides is 1. The van der Waals surface area contributed by atoms with E-state index in [0.717, 1.165) is 10.6 Å². The molecule has 0 saturated heterocycles. The average molecular weight is 561 g/mol. The van der Waals surface area contributed by atoms with Gasteiger partial charge in [0, 0.05) is 26.1 Å². The van der Waals surface area contributed by atoms with Gasteiger partial charge in [0.25, 0.3) is 0 Å². The van der Waals surface area contributed by atoms with Crippen LogP contribution in [0.4, 0.5) is 10.1 Å². The summed E-state index contributed by atoms with van der Waals surface area (Å²) in [6.45, 7) is 6.20. The van der Waals surface area contributed by atoms with Crippen LogP contribution in [-0.4, -0.2) is 50.5 Å². The van der Waals surface area contributed by atoms with Crippen molar-refractivity contribution < 1.29 is 22.4 Å². The topological polar surface area (TPSA) is 86.8 Å². The highest BCUT2D eigenvalue weighted by Gasteiger charge is 2.27. The fourth-order valence-electron chi connectivity index (χ4n) is 3.48. The van der Waals surface area contributed by atoms with Crippen LogP contribution in [0.15, 0.2) is 42.5 Å². The van der Waals surface area contributed by atoms with Crippen molar-refractivity contribution in [3.05, 3.63) is 63.9 Å². The number of benzene rings is 2. The number of nitrogens with zero attached hydrogens (tertiary/aromatic N) is 2. The summed E-state index contributed by atoms with van der Waals surface area (Å²) in [6, 6.07) is 9.32. The maximum absolute atomic E-state index is 13.3. The van der Waals surface area contributed by atoms with Crippen molar-refractivity contribution in [2.45, 2.75) is 46.2 Å². The zero-order valence-corrected chi connectivity index (χ0v) is 23.1. The largest absolute Gasteiger partial charge is 0.354 e. The highest BCUT2D eigenvalue weighted by molar-refractivity contribution is 7.92. The van der Waals surface area contributed by atoms with Crippen LogP contribution in [-0.2, 0) is 26.2 Å². The molecule has 7 nitrogen and oxygen atoms in total. The Bertz CT molecular complexity index is 1160. The minimum Gasteiger partial charge on any atom is -0.354 e. The quantitative estimate of drug-likeness (QED) is 0.402. The average Bonchev–Trinajstić information content (AvgIpc) is 2.80. The Morgan fingerprint density at radius 1 is 1.03 bits per heavy atom. The fourth-order valence-corrected chi connectivity index (χ4v) is 4.77. The van der Waals surface area contributed by atoms with Gasteiger partial charge < -0.3 is 10.2 Å². The van der Waals surface area contributed by atoms with Crippen molar-refractivity contribution in [2.75, 3.05) is 23.7 Å². The molecular formula is C25H32Cl2FN3O4S. The summed E-state index contributed by atoms with van der Waals surface area (Å²) in [5, 5.41) is 3.56. The maximum atomic E-state index is 13.3. The molecule has 198 valence electrons. The number of hydrogen-bond acceptors (Lipinski definition) is 4. The molecular weight excluding hydrogens is 528 g/mol. The molecule has 1 atom stereocenters. The smallest absolute Gasteiger partial charge is 0.242 e. The van der Waals surface area contributed by atoms with E-state index in [1.165, 1.54) is 29.2 Å². The predicted octanol–water partition coefficient (Wildman–Crippen LogP) is 4.87. The Hall–Kier alpha value is -2.36. The molecule has 36 heavy (non-hydrogen) atoms. The second kappa shape index (κ2) is 13.3. The van der Waals surface area contributed by atoms with Gasteiger partial charge >= 0.3 is 0 Å². The SMILES string of the molecule is CC(C)CNC(=O)C(C)N(Cc1ccc(Cl)c(Cl)c1)C(=O)CCCN(c1ccc(F)cc1)S(C)(=O)=O. The molecule has 0 aliphatic heterocycles. The molecule has 0 aromatic heterocycles. The lowest BCUT2D eigenvalue weighted by atomic mass is 10.1. The minimum atomic E-state index is -3.66. The monoisotopic (exact) mass is 559 g/mol. The normalized spacial score (nSPS) is 12.3. The molecule has 2 rings (SSSR count). The fraction of sp³-hybridized carbons (Fsp3) is 0.440. The van der Waals surface area contributed by atoms with Crippen LogP contribution in [0.1, 0.15) is 39.2 Å². The van der Waals surface area contributed by atoms with E-state index in [-0.39, 0.29) is 43.7 Å². The Morgan fingerprint density at radius 3 is 2.22 bits per heavy atom. The van der Waals surface area contributed by atoms with Gasteiger partial charge in [0.15, 0.2) is 0 Å². The highest BCUT2D eigenvalue weighted by Crippen LogP contribution is 2.24. The van der Waals surface area contributed by atoms with Gasteiger partial charge in [-0.25, -0.2) is 12.8 Å². The lowest BCUT2D eigenvalue weighted by Gasteiger charge is -2.29. The number of hydrogen-bond donors (Lipinski definition) is 1. The van der Waals surface area contributed by atoms with Crippen LogP contribution in [0.5, 0.6) is 0 Å². The van der Waals surface area contributed by atoms with Gasteiger partial charge in [0.2, 0.25) is 21.8 Å². The molecule has 1 N–H and O–H groups in total. The number of halogens is 3. The molecule has 11 heteroatoms. The van der Waals surface area contributed by atoms with E-state index in [0.29, 0.717) is 27.8 Å². The molecule has 0 spiro atoms. The zero-order chi connectivity index (χ0) is 27.0. The predicted molar refractivity (Wildman–Crippen MR) is 142 cm³/mol. The van der Waals surface area contributed by atoms with E-state index in [1.807, 2.05) is 13.8 Å². The van der Waals surface area contributed by atoms with Crippen LogP contribution in [0.2, 0.25) is 10.0 Å². The Balaban J connectivity index is 2.18. The second-order valence-electron chi connectivity index (χ2n) is 9.00. The zero-order valence-electron chi connectivity index (χ0n) is 20.8. The first-order valence-corrected chi connectivity index (χ1v) is 14.1. The summed E-state index contributed by atoms with van der Waals surface area (Å²) >= 11 is 12.1. The van der Waals surface area contributed by atoms with Gasteiger partial charge in [-0.1, -0.05) is 43.1 Å². The van der Waals surface area contributed by atoms with E-state index >= 15 is 0 Å². The van der Waals surface area contributed by atoms with Gasteiger partial charge in [0.1, 0.15) is 11.9 Å². The molecule has 0 fully saturated rings. The minimum absolute atomic E-state index is 0.00363. The third-order valence-corrected chi connectivity index (χ3v) is 7.39. The molecule has 2 amide bonds. The van der Waals surface area contributed by atoms with Crippen molar-refractivity contribution in [3.8, 4) is 0 Å². The van der Waals surface area contributed by atoms with Crippen LogP contribution in [0.25, 0.3) is 0 Å². The molecule has 0 radical (unpaired) electrons. The molecule has 0 saturated carbocycles. The summed E-state index contributed by atoms with van der Waals surface area (Å²) in [5.74, 6) is -0.846. The van der Waals surface area contributed by atoms with E-state index in [1.54, 1.807) is 25.1 Å². The standard InChI is InChI=1S/C25H32Cl2FN3O4S/c1-17(2)15-29-25(33)18(3)30(16-19-7-12-22(26)23(27)14-19)24(32)6-5-13-31(36(4,34)35)21-10-8-20(28)9-11-21/h7-12,14,17-18H,5-6,13,15-16H2,1-4H3,(H,29,33). The number of carbonyl (C=O) groups excluding carboxylic acids is 2. The van der Waals surface area contributed by atoms with Crippen molar-refractivity contribution in [1.82, 2.24) is 10.2 Å². The Labute approximate surface area is 222 Å². The molecule has 0 heterocycles. The number of rotatable bonds is 12. The third-order valence-electron chi connectivity index (χ3n) is 5.46. The first-order valence-electron chi connectivity index (χ1n) is 11.5. The van der Waals surface area contributed by atoms with E-state index in [2.05, 4.69) is 5.32 Å². The van der Waals surface area contributed by atoms with E-state index < -0.39 is 21.9 Å². The van der Waals surface area contributed by atoms with Crippen LogP contribution in [0, 0.1) is 11.7 Å². The van der Waals surface area contributed by atoms with Crippen molar-refractivity contribution in [2.24, 2.45) is 5.92 Å². The molecule has 1 unspecified atom stereocenters. The van der Waals surface area contributed by atoms with E-state index in [4.69, 9.17) is 23.2 Å². The first-order chi connectivity index (χ1) is 16.8. The summed E-state index contributed by atoms with van der Waals surface area (Å²) in [5.41, 5.74) is 1.01. The lowest BCUT2D eigenvalue weighted by molar-refractivity contribution is -0.140. The third kappa shape index (κ3) is 8.94. The van der Waals surface area contributed by atoms with Crippen LogP contribution >= 0.6 is 23.2 Å². The van der Waals surface area contributed by atoms with Gasteiger partial charge in [-0.3, -0.25) is 13.9 Å². The van der Waals surface area contributed by atoms with Crippen LogP contribution in [0.3, 0.4) is 0 Å². The molecule has 0 aliphatic carbocycles. The first kappa shape index (κ1) is 29.9. The summed E-state index contributed by atoms with van der Waals surface area (Å²) in [4.78, 5) is 27.5. The van der Waals surface area contributed by atoms with Gasteiger partial charge in [-0.05, 0) is 61.2 Å². The van der Waals surface area contributed by atoms with Gasteiger partial charge in [-0.2, -0.15) is 0 Å². The van der Waals surface area contributed by atoms with Crippen LogP contribution < -0.4 is 9.62 Å². The Morgan fingerprint density at radius 2 is 1.67 bits per heavy atom.